The van der Waals surface area contributed by atoms with Gasteiger partial charge in [-0.1, -0.05) is 12.2 Å². The summed E-state index contributed by atoms with van der Waals surface area (Å²) in [5, 5.41) is 0. The number of hydrogen-bond acceptors (Lipinski definition) is 2. The van der Waals surface area contributed by atoms with Gasteiger partial charge in [-0.2, -0.15) is 0 Å². The van der Waals surface area contributed by atoms with Crippen molar-refractivity contribution in [1.29, 1.82) is 0 Å². The number of H-pyrrole nitrogens is 1. The maximum atomic E-state index is 5.04. The van der Waals surface area contributed by atoms with Crippen LogP contribution < -0.4 is 0 Å². The average molecular weight is 192 g/mol. The second-order valence-electron chi connectivity index (χ2n) is 3.33. The fraction of sp³-hybridized carbons (Fsp3) is 0.400. The zero-order chi connectivity index (χ0) is 9.26. The molecule has 1 aromatic heterocycles. The summed E-state index contributed by atoms with van der Waals surface area (Å²) in [5.41, 5.74) is 3.68. The van der Waals surface area contributed by atoms with E-state index in [9.17, 15) is 0 Å². The van der Waals surface area contributed by atoms with Gasteiger partial charge in [0.1, 0.15) is 4.64 Å². The van der Waals surface area contributed by atoms with Crippen LogP contribution in [0, 0.1) is 11.6 Å². The Balaban J connectivity index is 2.46. The molecular weight excluding hydrogens is 180 g/mol. The summed E-state index contributed by atoms with van der Waals surface area (Å²) in [7, 11) is 0. The molecule has 3 heteroatoms. The van der Waals surface area contributed by atoms with Crippen molar-refractivity contribution in [3.8, 4) is 0 Å². The molecule has 0 amide bonds. The van der Waals surface area contributed by atoms with Gasteiger partial charge in [-0.05, 0) is 31.4 Å². The summed E-state index contributed by atoms with van der Waals surface area (Å²) >= 11 is 5.04. The highest BCUT2D eigenvalue weighted by Crippen LogP contribution is 2.15. The van der Waals surface area contributed by atoms with Crippen LogP contribution in [0.5, 0.6) is 0 Å². The van der Waals surface area contributed by atoms with Gasteiger partial charge in [0, 0.05) is 24.0 Å². The van der Waals surface area contributed by atoms with Gasteiger partial charge >= 0.3 is 0 Å². The van der Waals surface area contributed by atoms with Crippen LogP contribution in [0.25, 0.3) is 0 Å². The topological polar surface area (TPSA) is 28.1 Å². The highest BCUT2D eigenvalue weighted by atomic mass is 32.1. The number of aromatic amines is 1. The molecule has 0 atom stereocenters. The number of aliphatic imine (C=N–C) groups is 1. The maximum absolute atomic E-state index is 5.04. The van der Waals surface area contributed by atoms with Gasteiger partial charge in [0.2, 0.25) is 0 Å². The van der Waals surface area contributed by atoms with Crippen molar-refractivity contribution >= 4 is 17.9 Å². The Morgan fingerprint density at radius 2 is 2.38 bits per heavy atom. The summed E-state index contributed by atoms with van der Waals surface area (Å²) in [6, 6.07) is 1.99. The normalized spacial score (nSPS) is 15.9. The molecule has 68 valence electrons. The molecule has 0 bridgehead atoms. The van der Waals surface area contributed by atoms with Crippen LogP contribution in [0.3, 0.4) is 0 Å². The van der Waals surface area contributed by atoms with Crippen molar-refractivity contribution in [3.05, 3.63) is 28.0 Å². The van der Waals surface area contributed by atoms with E-state index >= 15 is 0 Å². The number of aryl methyl sites for hydroxylation is 1. The average Bonchev–Trinajstić information content (AvgIpc) is 2.56. The molecule has 0 aromatic carbocycles. The van der Waals surface area contributed by atoms with Crippen LogP contribution in [-0.2, 0) is 0 Å². The van der Waals surface area contributed by atoms with Crippen LogP contribution in [0.1, 0.15) is 24.0 Å². The quantitative estimate of drug-likeness (QED) is 0.681. The molecule has 0 saturated heterocycles. The van der Waals surface area contributed by atoms with E-state index in [0.717, 1.165) is 17.6 Å². The van der Waals surface area contributed by atoms with Crippen molar-refractivity contribution in [1.82, 2.24) is 4.98 Å². The van der Waals surface area contributed by atoms with Crippen molar-refractivity contribution in [2.24, 2.45) is 4.99 Å². The van der Waals surface area contributed by atoms with Crippen LogP contribution >= 0.6 is 12.2 Å². The molecule has 1 N–H and O–H groups in total. The first kappa shape index (κ1) is 8.63. The lowest BCUT2D eigenvalue weighted by Gasteiger charge is -2.03. The molecule has 2 rings (SSSR count). The van der Waals surface area contributed by atoms with Crippen LogP contribution in [0.4, 0.5) is 0 Å². The van der Waals surface area contributed by atoms with Crippen LogP contribution in [0.2, 0.25) is 0 Å². The lowest BCUT2D eigenvalue weighted by molar-refractivity contribution is 0.951. The van der Waals surface area contributed by atoms with Crippen LogP contribution in [-0.4, -0.2) is 17.2 Å². The first-order valence-corrected chi connectivity index (χ1v) is 4.91. The molecule has 0 radical (unpaired) electrons. The predicted octanol–water partition coefficient (Wildman–Crippen LogP) is 2.64. The van der Waals surface area contributed by atoms with E-state index in [1.165, 1.54) is 23.3 Å². The minimum Gasteiger partial charge on any atom is -0.352 e. The fourth-order valence-electron chi connectivity index (χ4n) is 1.64. The molecule has 0 aliphatic carbocycles. The number of nitrogens with zero attached hydrogens (tertiary/aromatic N) is 1. The van der Waals surface area contributed by atoms with Crippen molar-refractivity contribution in [2.45, 2.75) is 19.8 Å². The van der Waals surface area contributed by atoms with Gasteiger partial charge in [0.15, 0.2) is 0 Å². The largest absolute Gasteiger partial charge is 0.352 e. The third-order valence-electron chi connectivity index (χ3n) is 2.32. The summed E-state index contributed by atoms with van der Waals surface area (Å²) in [6.45, 7) is 3.06. The minimum absolute atomic E-state index is 0.792. The molecule has 0 saturated carbocycles. The molecule has 2 heterocycles. The van der Waals surface area contributed by atoms with Gasteiger partial charge in [0.05, 0.1) is 0 Å². The number of rotatable bonds is 1. The van der Waals surface area contributed by atoms with Crippen molar-refractivity contribution in [3.63, 3.8) is 0 Å². The van der Waals surface area contributed by atoms with E-state index in [2.05, 4.69) is 16.9 Å². The minimum atomic E-state index is 0.792. The molecule has 13 heavy (non-hydrogen) atoms. The lowest BCUT2D eigenvalue weighted by atomic mass is 10.1. The van der Waals surface area contributed by atoms with Crippen molar-refractivity contribution < 1.29 is 0 Å². The first-order valence-electron chi connectivity index (χ1n) is 4.50. The zero-order valence-electron chi connectivity index (χ0n) is 7.63. The molecular formula is C10H12N2S. The number of hydrogen-bond donors (Lipinski definition) is 1. The molecule has 1 aliphatic rings. The zero-order valence-corrected chi connectivity index (χ0v) is 8.45. The third kappa shape index (κ3) is 1.70. The smallest absolute Gasteiger partial charge is 0.103 e. The van der Waals surface area contributed by atoms with E-state index in [-0.39, 0.29) is 0 Å². The Labute approximate surface area is 82.7 Å². The van der Waals surface area contributed by atoms with Gasteiger partial charge in [-0.25, -0.2) is 0 Å². The molecule has 0 unspecified atom stereocenters. The van der Waals surface area contributed by atoms with Gasteiger partial charge in [0.25, 0.3) is 0 Å². The molecule has 0 spiro atoms. The van der Waals surface area contributed by atoms with Gasteiger partial charge < -0.3 is 4.98 Å². The molecule has 0 fully saturated rings. The number of nitrogens with one attached hydrogen (secondary N) is 1. The van der Waals surface area contributed by atoms with Crippen LogP contribution in [0.15, 0.2) is 17.3 Å². The summed E-state index contributed by atoms with van der Waals surface area (Å²) in [6.07, 6.45) is 4.26. The number of pyridine rings is 1. The Morgan fingerprint density at radius 1 is 1.54 bits per heavy atom. The number of aromatic nitrogens is 1. The summed E-state index contributed by atoms with van der Waals surface area (Å²) < 4.78 is 0.792. The maximum Gasteiger partial charge on any atom is 0.103 e. The van der Waals surface area contributed by atoms with E-state index in [4.69, 9.17) is 12.2 Å². The summed E-state index contributed by atoms with van der Waals surface area (Å²) in [4.78, 5) is 7.51. The second-order valence-corrected chi connectivity index (χ2v) is 3.77. The standard InChI is InChI=1S/C10H12N2S/c1-7-5-10(13)12-6-8(7)9-3-2-4-11-9/h5-6H,2-4H2,1H3,(H,12,13). The fourth-order valence-corrected chi connectivity index (χ4v) is 1.88. The van der Waals surface area contributed by atoms with E-state index in [1.807, 2.05) is 12.3 Å². The predicted molar refractivity (Wildman–Crippen MR) is 57.0 cm³/mol. The first-order chi connectivity index (χ1) is 6.27. The molecule has 1 aromatic rings. The Hall–Kier alpha value is -0.960. The Bertz CT molecular complexity index is 404. The highest BCUT2D eigenvalue weighted by molar-refractivity contribution is 7.71. The lowest BCUT2D eigenvalue weighted by Crippen LogP contribution is -2.00. The highest BCUT2D eigenvalue weighted by Gasteiger charge is 2.10. The van der Waals surface area contributed by atoms with E-state index in [1.54, 1.807) is 0 Å². The molecule has 2 nitrogen and oxygen atoms in total. The molecule has 1 aliphatic heterocycles. The third-order valence-corrected chi connectivity index (χ3v) is 2.55. The van der Waals surface area contributed by atoms with Crippen molar-refractivity contribution in [2.75, 3.05) is 6.54 Å². The van der Waals surface area contributed by atoms with E-state index in [0.29, 0.717) is 0 Å². The Morgan fingerprint density at radius 3 is 3.00 bits per heavy atom. The van der Waals surface area contributed by atoms with Gasteiger partial charge in [-0.15, -0.1) is 0 Å². The summed E-state index contributed by atoms with van der Waals surface area (Å²) in [5.74, 6) is 0. The van der Waals surface area contributed by atoms with E-state index < -0.39 is 0 Å². The monoisotopic (exact) mass is 192 g/mol. The SMILES string of the molecule is Cc1cc(=S)[nH]cc1C1=NCCC1. The van der Waals surface area contributed by atoms with Gasteiger partial charge in [-0.3, -0.25) is 4.99 Å². The second kappa shape index (κ2) is 3.42. The Kier molecular flexibility index (Phi) is 2.27.